The van der Waals surface area contributed by atoms with Gasteiger partial charge in [0.25, 0.3) is 5.22 Å². The quantitative estimate of drug-likeness (QED) is 0.727. The lowest BCUT2D eigenvalue weighted by Crippen LogP contribution is -2.00. The molecule has 0 saturated carbocycles. The fourth-order valence-corrected chi connectivity index (χ4v) is 2.49. The number of nitrogens with zero attached hydrogens (tertiary/aromatic N) is 3. The van der Waals surface area contributed by atoms with Crippen LogP contribution in [0.3, 0.4) is 0 Å². The number of rotatable bonds is 3. The summed E-state index contributed by atoms with van der Waals surface area (Å²) in [6.45, 7) is 0. The third kappa shape index (κ3) is 2.45. The van der Waals surface area contributed by atoms with Crippen molar-refractivity contribution in [1.29, 1.82) is 0 Å². The minimum atomic E-state index is -1.42. The molecule has 0 spiro atoms. The van der Waals surface area contributed by atoms with Crippen LogP contribution >= 0.6 is 0 Å². The summed E-state index contributed by atoms with van der Waals surface area (Å²) in [7, 11) is -1.42. The Morgan fingerprint density at radius 3 is 2.84 bits per heavy atom. The van der Waals surface area contributed by atoms with E-state index < -0.39 is 10.8 Å². The first-order valence-corrected chi connectivity index (χ1v) is 6.84. The molecule has 7 heteroatoms. The SMILES string of the molecule is Nc1ccc2nc(S(=O)Cc3ncccn3)oc2c1. The highest BCUT2D eigenvalue weighted by Crippen LogP contribution is 2.21. The number of benzene rings is 1. The van der Waals surface area contributed by atoms with Crippen LogP contribution in [0.2, 0.25) is 0 Å². The Balaban J connectivity index is 1.89. The van der Waals surface area contributed by atoms with E-state index in [1.165, 1.54) is 0 Å². The molecule has 0 saturated heterocycles. The van der Waals surface area contributed by atoms with Gasteiger partial charge in [0, 0.05) is 24.1 Å². The first kappa shape index (κ1) is 11.8. The molecule has 0 aliphatic carbocycles. The zero-order chi connectivity index (χ0) is 13.2. The minimum Gasteiger partial charge on any atom is -0.430 e. The van der Waals surface area contributed by atoms with Gasteiger partial charge in [-0.25, -0.2) is 19.2 Å². The number of oxazole rings is 1. The fourth-order valence-electron chi connectivity index (χ4n) is 1.60. The second-order valence-electron chi connectivity index (χ2n) is 3.86. The standard InChI is InChI=1S/C12H10N4O2S/c13-8-2-3-9-10(6-8)18-12(16-9)19(17)7-11-14-4-1-5-15-11/h1-6H,7,13H2. The normalized spacial score (nSPS) is 12.6. The number of anilines is 1. The molecule has 2 heterocycles. The molecule has 96 valence electrons. The smallest absolute Gasteiger partial charge is 0.288 e. The van der Waals surface area contributed by atoms with Gasteiger partial charge in [-0.2, -0.15) is 0 Å². The molecule has 3 rings (SSSR count). The van der Waals surface area contributed by atoms with Crippen LogP contribution in [0.15, 0.2) is 46.3 Å². The van der Waals surface area contributed by atoms with Crippen molar-refractivity contribution >= 4 is 27.6 Å². The molecule has 2 N–H and O–H groups in total. The Labute approximate surface area is 111 Å². The second kappa shape index (κ2) is 4.77. The van der Waals surface area contributed by atoms with Gasteiger partial charge in [-0.05, 0) is 18.2 Å². The molecule has 1 atom stereocenters. The highest BCUT2D eigenvalue weighted by atomic mass is 32.2. The van der Waals surface area contributed by atoms with Crippen molar-refractivity contribution in [3.63, 3.8) is 0 Å². The van der Waals surface area contributed by atoms with Gasteiger partial charge in [0.1, 0.15) is 22.1 Å². The summed E-state index contributed by atoms with van der Waals surface area (Å²) < 4.78 is 17.5. The van der Waals surface area contributed by atoms with Gasteiger partial charge in [-0.1, -0.05) is 0 Å². The number of fused-ring (bicyclic) bond motifs is 1. The highest BCUT2D eigenvalue weighted by molar-refractivity contribution is 7.84. The van der Waals surface area contributed by atoms with E-state index in [1.807, 2.05) is 0 Å². The summed E-state index contributed by atoms with van der Waals surface area (Å²) in [5, 5.41) is 0.160. The number of hydrogen-bond donors (Lipinski definition) is 1. The van der Waals surface area contributed by atoms with Gasteiger partial charge in [-0.15, -0.1) is 0 Å². The average Bonchev–Trinajstić information content (AvgIpc) is 2.83. The van der Waals surface area contributed by atoms with Crippen LogP contribution in [0.25, 0.3) is 11.1 Å². The summed E-state index contributed by atoms with van der Waals surface area (Å²) in [6.07, 6.45) is 3.21. The summed E-state index contributed by atoms with van der Waals surface area (Å²) in [5.74, 6) is 0.658. The van der Waals surface area contributed by atoms with E-state index in [0.717, 1.165) is 0 Å². The van der Waals surface area contributed by atoms with Gasteiger partial charge in [-0.3, -0.25) is 0 Å². The largest absolute Gasteiger partial charge is 0.430 e. The van der Waals surface area contributed by atoms with Crippen molar-refractivity contribution in [2.75, 3.05) is 5.73 Å². The Hall–Kier alpha value is -2.28. The van der Waals surface area contributed by atoms with Crippen LogP contribution < -0.4 is 5.73 Å². The molecule has 0 bridgehead atoms. The van der Waals surface area contributed by atoms with Crippen molar-refractivity contribution in [3.05, 3.63) is 42.5 Å². The molecule has 0 aliphatic rings. The van der Waals surface area contributed by atoms with Crippen LogP contribution in [-0.4, -0.2) is 19.2 Å². The number of hydrogen-bond acceptors (Lipinski definition) is 6. The molecule has 3 aromatic rings. The minimum absolute atomic E-state index is 0.160. The van der Waals surface area contributed by atoms with E-state index in [9.17, 15) is 4.21 Å². The van der Waals surface area contributed by atoms with Crippen LogP contribution in [0.1, 0.15) is 5.82 Å². The maximum Gasteiger partial charge on any atom is 0.288 e. The Morgan fingerprint density at radius 2 is 2.05 bits per heavy atom. The van der Waals surface area contributed by atoms with Gasteiger partial charge in [0.15, 0.2) is 5.58 Å². The van der Waals surface area contributed by atoms with Crippen molar-refractivity contribution in [2.45, 2.75) is 11.0 Å². The summed E-state index contributed by atoms with van der Waals surface area (Å²) in [4.78, 5) is 12.2. The van der Waals surface area contributed by atoms with Gasteiger partial charge >= 0.3 is 0 Å². The topological polar surface area (TPSA) is 94.9 Å². The van der Waals surface area contributed by atoms with E-state index in [4.69, 9.17) is 10.2 Å². The van der Waals surface area contributed by atoms with Gasteiger partial charge in [0.2, 0.25) is 0 Å². The zero-order valence-corrected chi connectivity index (χ0v) is 10.6. The van der Waals surface area contributed by atoms with Gasteiger partial charge in [0.05, 0.1) is 5.75 Å². The van der Waals surface area contributed by atoms with Crippen LogP contribution in [-0.2, 0) is 16.6 Å². The van der Waals surface area contributed by atoms with E-state index in [-0.39, 0.29) is 11.0 Å². The van der Waals surface area contributed by atoms with Crippen LogP contribution in [0.4, 0.5) is 5.69 Å². The Bertz CT molecular complexity index is 742. The predicted molar refractivity (Wildman–Crippen MR) is 70.6 cm³/mol. The maximum atomic E-state index is 12.1. The van der Waals surface area contributed by atoms with Crippen molar-refractivity contribution < 1.29 is 8.63 Å². The molecular formula is C12H10N4O2S. The molecule has 19 heavy (non-hydrogen) atoms. The summed E-state index contributed by atoms with van der Waals surface area (Å²) in [5.41, 5.74) is 7.38. The Morgan fingerprint density at radius 1 is 1.26 bits per heavy atom. The van der Waals surface area contributed by atoms with Crippen LogP contribution in [0.5, 0.6) is 0 Å². The lowest BCUT2D eigenvalue weighted by atomic mass is 10.3. The third-order valence-corrected chi connectivity index (χ3v) is 3.55. The number of nitrogen functional groups attached to an aromatic ring is 1. The highest BCUT2D eigenvalue weighted by Gasteiger charge is 2.14. The number of nitrogens with two attached hydrogens (primary N) is 1. The van der Waals surface area contributed by atoms with E-state index >= 15 is 0 Å². The molecule has 0 aliphatic heterocycles. The molecule has 0 amide bonds. The van der Waals surface area contributed by atoms with Crippen molar-refractivity contribution in [2.24, 2.45) is 0 Å². The van der Waals surface area contributed by atoms with Crippen molar-refractivity contribution in [1.82, 2.24) is 15.0 Å². The van der Waals surface area contributed by atoms with E-state index in [0.29, 0.717) is 22.6 Å². The molecule has 0 radical (unpaired) electrons. The molecular weight excluding hydrogens is 264 g/mol. The zero-order valence-electron chi connectivity index (χ0n) is 9.81. The number of aromatic nitrogens is 3. The van der Waals surface area contributed by atoms with E-state index in [2.05, 4.69) is 15.0 Å². The molecule has 1 unspecified atom stereocenters. The molecule has 0 fully saturated rings. The first-order valence-electron chi connectivity index (χ1n) is 5.53. The molecule has 6 nitrogen and oxygen atoms in total. The fraction of sp³-hybridized carbons (Fsp3) is 0.0833. The lowest BCUT2D eigenvalue weighted by Gasteiger charge is -1.95. The lowest BCUT2D eigenvalue weighted by molar-refractivity contribution is 0.477. The predicted octanol–water partition coefficient (Wildman–Crippen LogP) is 1.51. The molecule has 2 aromatic heterocycles. The summed E-state index contributed by atoms with van der Waals surface area (Å²) in [6, 6.07) is 6.81. The average molecular weight is 274 g/mol. The first-order chi connectivity index (χ1) is 9.22. The van der Waals surface area contributed by atoms with Crippen LogP contribution in [0, 0.1) is 0 Å². The summed E-state index contributed by atoms with van der Waals surface area (Å²) >= 11 is 0. The maximum absolute atomic E-state index is 12.1. The monoisotopic (exact) mass is 274 g/mol. The van der Waals surface area contributed by atoms with E-state index in [1.54, 1.807) is 36.7 Å². The van der Waals surface area contributed by atoms with Gasteiger partial charge < -0.3 is 10.2 Å². The second-order valence-corrected chi connectivity index (χ2v) is 5.19. The van der Waals surface area contributed by atoms with Crippen molar-refractivity contribution in [3.8, 4) is 0 Å². The third-order valence-electron chi connectivity index (χ3n) is 2.47. The molecule has 1 aromatic carbocycles. The Kier molecular flexibility index (Phi) is 2.96.